The quantitative estimate of drug-likeness (QED) is 0.317. The van der Waals surface area contributed by atoms with Crippen LogP contribution in [0.15, 0.2) is 89.8 Å². The van der Waals surface area contributed by atoms with Gasteiger partial charge in [0.05, 0.1) is 22.8 Å². The highest BCUT2D eigenvalue weighted by atomic mass is 32.2. The van der Waals surface area contributed by atoms with Crippen LogP contribution in [-0.4, -0.2) is 29.4 Å². The van der Waals surface area contributed by atoms with Crippen LogP contribution in [-0.2, 0) is 10.0 Å². The van der Waals surface area contributed by atoms with Crippen molar-refractivity contribution >= 4 is 21.7 Å². The molecule has 1 heterocycles. The van der Waals surface area contributed by atoms with E-state index < -0.39 is 16.1 Å². The van der Waals surface area contributed by atoms with Gasteiger partial charge in [-0.1, -0.05) is 54.6 Å². The molecule has 0 aliphatic rings. The Balaban J connectivity index is 1.94. The van der Waals surface area contributed by atoms with Crippen LogP contribution in [0.5, 0.6) is 0 Å². The summed E-state index contributed by atoms with van der Waals surface area (Å²) in [6.07, 6.45) is 0. The fourth-order valence-electron chi connectivity index (χ4n) is 3.32. The van der Waals surface area contributed by atoms with Gasteiger partial charge in [-0.2, -0.15) is 10.2 Å². The number of primary amides is 1. The van der Waals surface area contributed by atoms with E-state index >= 15 is 0 Å². The van der Waals surface area contributed by atoms with Crippen molar-refractivity contribution in [2.24, 2.45) is 10.9 Å². The number of amides is 2. The van der Waals surface area contributed by atoms with Gasteiger partial charge in [-0.3, -0.25) is 5.21 Å². The maximum atomic E-state index is 12.2. The second-order valence-corrected chi connectivity index (χ2v) is 8.44. The minimum Gasteiger partial charge on any atom is -0.349 e. The second kappa shape index (κ2) is 8.27. The molecule has 0 spiro atoms. The number of sulfonamides is 1. The highest BCUT2D eigenvalue weighted by Crippen LogP contribution is 2.32. The minimum absolute atomic E-state index is 0.0733. The summed E-state index contributed by atoms with van der Waals surface area (Å²) >= 11 is 0. The predicted octanol–water partition coefficient (Wildman–Crippen LogP) is 3.13. The Hall–Kier alpha value is -3.99. The number of nitrogens with two attached hydrogens (primary N) is 2. The highest BCUT2D eigenvalue weighted by Gasteiger charge is 2.20. The summed E-state index contributed by atoms with van der Waals surface area (Å²) < 4.78 is 25.9. The Morgan fingerprint density at radius 3 is 2.25 bits per heavy atom. The fraction of sp³-hybridized carbons (Fsp3) is 0. The normalized spacial score (nSPS) is 11.3. The topological polar surface area (TPSA) is 145 Å². The first-order valence-corrected chi connectivity index (χ1v) is 11.0. The van der Waals surface area contributed by atoms with Crippen LogP contribution in [0.3, 0.4) is 0 Å². The SMILES string of the molecule is NC(=O)N(O)c1cccc(-c2cc(-c3ccccc3)n(-c3ccccc3S(N)(=O)=O)n2)c1. The molecule has 0 fully saturated rings. The highest BCUT2D eigenvalue weighted by molar-refractivity contribution is 7.89. The molecule has 2 amide bonds. The first kappa shape index (κ1) is 21.2. The van der Waals surface area contributed by atoms with E-state index in [0.717, 1.165) is 5.56 Å². The molecule has 32 heavy (non-hydrogen) atoms. The number of carbonyl (C=O) groups excluding carboxylic acids is 1. The average molecular weight is 449 g/mol. The molecule has 3 aromatic carbocycles. The maximum absolute atomic E-state index is 12.2. The number of hydrogen-bond donors (Lipinski definition) is 3. The molecule has 0 aliphatic heterocycles. The molecule has 5 N–H and O–H groups in total. The van der Waals surface area contributed by atoms with Gasteiger partial charge in [-0.25, -0.2) is 23.0 Å². The molecule has 1 aromatic heterocycles. The third-order valence-corrected chi connectivity index (χ3v) is 5.73. The van der Waals surface area contributed by atoms with Gasteiger partial charge < -0.3 is 5.73 Å². The lowest BCUT2D eigenvalue weighted by atomic mass is 10.1. The number of rotatable bonds is 5. The number of hydroxylamine groups is 1. The summed E-state index contributed by atoms with van der Waals surface area (Å²) in [4.78, 5) is 11.2. The molecule has 0 saturated heterocycles. The Morgan fingerprint density at radius 2 is 1.56 bits per heavy atom. The Labute approximate surface area is 184 Å². The van der Waals surface area contributed by atoms with Gasteiger partial charge in [0.1, 0.15) is 4.90 Å². The zero-order valence-electron chi connectivity index (χ0n) is 16.7. The summed E-state index contributed by atoms with van der Waals surface area (Å²) in [7, 11) is -4.02. The number of aromatic nitrogens is 2. The average Bonchev–Trinajstić information content (AvgIpc) is 3.24. The van der Waals surface area contributed by atoms with Crippen molar-refractivity contribution in [1.82, 2.24) is 9.78 Å². The Bertz CT molecular complexity index is 1400. The molecule has 4 aromatic rings. The van der Waals surface area contributed by atoms with E-state index in [4.69, 9.17) is 10.9 Å². The second-order valence-electron chi connectivity index (χ2n) is 6.91. The van der Waals surface area contributed by atoms with Crippen molar-refractivity contribution in [2.45, 2.75) is 4.90 Å². The fourth-order valence-corrected chi connectivity index (χ4v) is 4.03. The lowest BCUT2D eigenvalue weighted by Crippen LogP contribution is -2.32. The van der Waals surface area contributed by atoms with Crippen LogP contribution in [0, 0.1) is 0 Å². The van der Waals surface area contributed by atoms with Gasteiger partial charge in [0, 0.05) is 11.1 Å². The largest absolute Gasteiger partial charge is 0.349 e. The molecule has 0 unspecified atom stereocenters. The number of primary sulfonamides is 1. The lowest BCUT2D eigenvalue weighted by Gasteiger charge is -2.12. The van der Waals surface area contributed by atoms with Crippen molar-refractivity contribution < 1.29 is 18.4 Å². The molecule has 0 bridgehead atoms. The number of anilines is 1. The van der Waals surface area contributed by atoms with Crippen molar-refractivity contribution in [3.63, 3.8) is 0 Å². The molecule has 162 valence electrons. The van der Waals surface area contributed by atoms with Gasteiger partial charge in [-0.15, -0.1) is 0 Å². The van der Waals surface area contributed by atoms with E-state index in [9.17, 15) is 18.4 Å². The molecular formula is C22H19N5O4S. The molecule has 0 radical (unpaired) electrons. The minimum atomic E-state index is -4.02. The summed E-state index contributed by atoms with van der Waals surface area (Å²) in [5.41, 5.74) is 8.07. The number of benzene rings is 3. The summed E-state index contributed by atoms with van der Waals surface area (Å²) in [6.45, 7) is 0. The van der Waals surface area contributed by atoms with Gasteiger partial charge in [0.15, 0.2) is 0 Å². The first-order chi connectivity index (χ1) is 15.3. The van der Waals surface area contributed by atoms with E-state index in [0.29, 0.717) is 22.0 Å². The maximum Gasteiger partial charge on any atom is 0.343 e. The Morgan fingerprint density at radius 1 is 0.906 bits per heavy atom. The lowest BCUT2D eigenvalue weighted by molar-refractivity contribution is 0.212. The Kier molecular flexibility index (Phi) is 5.49. The number of carbonyl (C=O) groups is 1. The zero-order valence-corrected chi connectivity index (χ0v) is 17.5. The van der Waals surface area contributed by atoms with Gasteiger partial charge in [0.25, 0.3) is 0 Å². The number of nitrogens with zero attached hydrogens (tertiary/aromatic N) is 3. The number of hydrogen-bond acceptors (Lipinski definition) is 5. The molecule has 10 heteroatoms. The molecule has 0 aliphatic carbocycles. The number of para-hydroxylation sites is 1. The van der Waals surface area contributed by atoms with Crippen molar-refractivity contribution in [3.8, 4) is 28.2 Å². The molecule has 0 atom stereocenters. The first-order valence-electron chi connectivity index (χ1n) is 9.42. The summed E-state index contributed by atoms with van der Waals surface area (Å²) in [5, 5.41) is 20.3. The molecule has 4 rings (SSSR count). The van der Waals surface area contributed by atoms with Crippen LogP contribution in [0.1, 0.15) is 0 Å². The predicted molar refractivity (Wildman–Crippen MR) is 120 cm³/mol. The van der Waals surface area contributed by atoms with E-state index in [1.165, 1.54) is 22.9 Å². The summed E-state index contributed by atoms with van der Waals surface area (Å²) in [5.74, 6) is 0. The monoisotopic (exact) mass is 449 g/mol. The smallest absolute Gasteiger partial charge is 0.343 e. The zero-order chi connectivity index (χ0) is 22.9. The third-order valence-electron chi connectivity index (χ3n) is 4.77. The number of urea groups is 1. The van der Waals surface area contributed by atoms with Crippen LogP contribution in [0.2, 0.25) is 0 Å². The van der Waals surface area contributed by atoms with Crippen LogP contribution in [0.4, 0.5) is 10.5 Å². The van der Waals surface area contributed by atoms with E-state index in [1.54, 1.807) is 36.4 Å². The van der Waals surface area contributed by atoms with Crippen molar-refractivity contribution in [2.75, 3.05) is 5.06 Å². The molecule has 9 nitrogen and oxygen atoms in total. The third kappa shape index (κ3) is 4.10. The van der Waals surface area contributed by atoms with Gasteiger partial charge in [0.2, 0.25) is 10.0 Å². The summed E-state index contributed by atoms with van der Waals surface area (Å²) in [6, 6.07) is 22.8. The van der Waals surface area contributed by atoms with Crippen LogP contribution < -0.4 is 15.9 Å². The van der Waals surface area contributed by atoms with Crippen molar-refractivity contribution in [1.29, 1.82) is 0 Å². The van der Waals surface area contributed by atoms with E-state index in [-0.39, 0.29) is 16.3 Å². The van der Waals surface area contributed by atoms with Crippen LogP contribution >= 0.6 is 0 Å². The van der Waals surface area contributed by atoms with E-state index in [2.05, 4.69) is 5.10 Å². The van der Waals surface area contributed by atoms with E-state index in [1.807, 2.05) is 30.3 Å². The van der Waals surface area contributed by atoms with Crippen LogP contribution in [0.25, 0.3) is 28.2 Å². The standard InChI is InChI=1S/C22H19N5O4S/c23-22(28)27(29)17-10-6-9-16(13-17)18-14-20(15-7-2-1-3-8-15)26(25-18)19-11-4-5-12-21(19)32(24,30)31/h1-14,29H,(H2,23,28)(H2,24,30,31). The van der Waals surface area contributed by atoms with Crippen molar-refractivity contribution in [3.05, 3.63) is 84.9 Å². The molecule has 0 saturated carbocycles. The van der Waals surface area contributed by atoms with Gasteiger partial charge >= 0.3 is 6.03 Å². The molecular weight excluding hydrogens is 430 g/mol. The van der Waals surface area contributed by atoms with Gasteiger partial charge in [-0.05, 0) is 30.3 Å².